The topological polar surface area (TPSA) is 129 Å². The lowest BCUT2D eigenvalue weighted by Crippen LogP contribution is -2.46. The zero-order valence-electron chi connectivity index (χ0n) is 17.8. The van der Waals surface area contributed by atoms with Crippen molar-refractivity contribution in [2.24, 2.45) is 0 Å². The largest absolute Gasteiger partial charge is 0.486 e. The molecule has 0 saturated carbocycles. The number of carboxylic acid groups (broad SMARTS) is 2. The molecule has 10 heteroatoms. The second kappa shape index (κ2) is 11.4. The third kappa shape index (κ3) is 6.88. The van der Waals surface area contributed by atoms with Crippen LogP contribution in [0.15, 0.2) is 36.4 Å². The predicted molar refractivity (Wildman–Crippen MR) is 115 cm³/mol. The minimum Gasteiger partial charge on any atom is -0.486 e. The molecule has 1 aromatic carbocycles. The highest BCUT2D eigenvalue weighted by molar-refractivity contribution is 5.89. The molecule has 0 aromatic heterocycles. The molecule has 3 N–H and O–H groups in total. The van der Waals surface area contributed by atoms with Crippen molar-refractivity contribution in [1.82, 2.24) is 15.1 Å². The molecular formula is C22H29N3O7. The maximum absolute atomic E-state index is 11.8. The minimum atomic E-state index is -1.26. The first-order chi connectivity index (χ1) is 15.4. The summed E-state index contributed by atoms with van der Waals surface area (Å²) in [6, 6.07) is 8.38. The zero-order chi connectivity index (χ0) is 22.9. The lowest BCUT2D eigenvalue weighted by atomic mass is 10.0. The first-order valence-corrected chi connectivity index (χ1v) is 10.7. The van der Waals surface area contributed by atoms with Gasteiger partial charge >= 0.3 is 18.0 Å². The summed E-state index contributed by atoms with van der Waals surface area (Å²) in [5.74, 6) is -0.814. The lowest BCUT2D eigenvalue weighted by molar-refractivity contribution is -0.134. The molecule has 0 radical (unpaired) electrons. The van der Waals surface area contributed by atoms with E-state index in [9.17, 15) is 14.4 Å². The van der Waals surface area contributed by atoms with Crippen LogP contribution in [0.2, 0.25) is 0 Å². The molecule has 174 valence electrons. The normalized spacial score (nSPS) is 21.1. The molecule has 0 spiro atoms. The van der Waals surface area contributed by atoms with E-state index in [2.05, 4.69) is 10.2 Å². The molecule has 1 atom stereocenters. The number of fused-ring (bicyclic) bond motifs is 1. The fourth-order valence-corrected chi connectivity index (χ4v) is 3.96. The van der Waals surface area contributed by atoms with E-state index in [0.29, 0.717) is 24.8 Å². The Morgan fingerprint density at radius 2 is 1.72 bits per heavy atom. The first-order valence-electron chi connectivity index (χ1n) is 10.7. The van der Waals surface area contributed by atoms with E-state index >= 15 is 0 Å². The Morgan fingerprint density at radius 3 is 2.31 bits per heavy atom. The molecule has 3 heterocycles. The van der Waals surface area contributed by atoms with Crippen LogP contribution in [0, 0.1) is 0 Å². The van der Waals surface area contributed by atoms with Gasteiger partial charge in [-0.3, -0.25) is 0 Å². The van der Waals surface area contributed by atoms with Crippen molar-refractivity contribution >= 4 is 18.0 Å². The number of para-hydroxylation sites is 2. The number of amides is 2. The molecule has 10 nitrogen and oxygen atoms in total. The fourth-order valence-electron chi connectivity index (χ4n) is 3.96. The van der Waals surface area contributed by atoms with E-state index in [-0.39, 0.29) is 12.1 Å². The smallest absolute Gasteiger partial charge is 0.328 e. The highest BCUT2D eigenvalue weighted by Gasteiger charge is 2.31. The van der Waals surface area contributed by atoms with Gasteiger partial charge in [0.25, 0.3) is 0 Å². The average molecular weight is 447 g/mol. The number of nitrogens with one attached hydrogen (secondary N) is 1. The summed E-state index contributed by atoms with van der Waals surface area (Å²) >= 11 is 0. The van der Waals surface area contributed by atoms with E-state index in [1.807, 2.05) is 29.2 Å². The van der Waals surface area contributed by atoms with E-state index in [4.69, 9.17) is 19.7 Å². The molecule has 4 rings (SSSR count). The number of urea groups is 1. The van der Waals surface area contributed by atoms with Crippen LogP contribution in [0.25, 0.3) is 0 Å². The Labute approximate surface area is 186 Å². The number of hydrogen-bond acceptors (Lipinski definition) is 6. The van der Waals surface area contributed by atoms with Crippen molar-refractivity contribution in [1.29, 1.82) is 0 Å². The number of benzene rings is 1. The number of likely N-dealkylation sites (tertiary alicyclic amines) is 1. The van der Waals surface area contributed by atoms with Crippen molar-refractivity contribution in [2.45, 2.75) is 31.4 Å². The molecule has 2 saturated heterocycles. The summed E-state index contributed by atoms with van der Waals surface area (Å²) in [4.78, 5) is 35.4. The van der Waals surface area contributed by atoms with E-state index in [0.717, 1.165) is 63.5 Å². The Morgan fingerprint density at radius 1 is 1.06 bits per heavy atom. The summed E-state index contributed by atoms with van der Waals surface area (Å²) in [6.07, 6.45) is 4.35. The standard InChI is InChI=1S/C18H25N3O3.C4H4O4/c22-18-19-8-12-21(18)14-5-9-20(10-6-14)11-7-15-13-23-16-3-1-2-4-17(16)24-15;5-3(6)1-2-4(7)8/h1-4,14-15H,5-13H2,(H,19,22);1-2H,(H,5,6)(H,7,8)/t15-;/m0./s1. The van der Waals surface area contributed by atoms with E-state index in [1.165, 1.54) is 0 Å². The van der Waals surface area contributed by atoms with Crippen LogP contribution in [0.1, 0.15) is 19.3 Å². The van der Waals surface area contributed by atoms with Gasteiger partial charge < -0.3 is 34.8 Å². The fraction of sp³-hybridized carbons (Fsp3) is 0.500. The third-order valence-corrected chi connectivity index (χ3v) is 5.59. The SMILES string of the molecule is O=C(O)C=CC(=O)O.O=C1NCCN1C1CCN(CC[C@H]2COc3ccccc3O2)CC1. The highest BCUT2D eigenvalue weighted by Crippen LogP contribution is 2.31. The summed E-state index contributed by atoms with van der Waals surface area (Å²) < 4.78 is 11.8. The Kier molecular flexibility index (Phi) is 8.32. The molecule has 1 aromatic rings. The molecule has 0 aliphatic carbocycles. The first kappa shape index (κ1) is 23.4. The Hall–Kier alpha value is -3.27. The third-order valence-electron chi connectivity index (χ3n) is 5.59. The minimum absolute atomic E-state index is 0.111. The average Bonchev–Trinajstić information content (AvgIpc) is 3.23. The molecular weight excluding hydrogens is 418 g/mol. The van der Waals surface area contributed by atoms with Crippen LogP contribution < -0.4 is 14.8 Å². The molecule has 2 fully saturated rings. The van der Waals surface area contributed by atoms with Crippen LogP contribution >= 0.6 is 0 Å². The number of aliphatic carboxylic acids is 2. The number of carbonyl (C=O) groups is 3. The van der Waals surface area contributed by atoms with Gasteiger partial charge in [-0.25, -0.2) is 14.4 Å². The van der Waals surface area contributed by atoms with Crippen LogP contribution in [0.5, 0.6) is 11.5 Å². The second-order valence-corrected chi connectivity index (χ2v) is 7.79. The summed E-state index contributed by atoms with van der Waals surface area (Å²) in [7, 11) is 0. The maximum Gasteiger partial charge on any atom is 0.328 e. The quantitative estimate of drug-likeness (QED) is 0.559. The van der Waals surface area contributed by atoms with Gasteiger partial charge in [-0.15, -0.1) is 0 Å². The van der Waals surface area contributed by atoms with Crippen LogP contribution in [0.3, 0.4) is 0 Å². The number of rotatable bonds is 6. The van der Waals surface area contributed by atoms with Gasteiger partial charge in [0.1, 0.15) is 12.7 Å². The number of hydrogen-bond donors (Lipinski definition) is 3. The number of piperidine rings is 1. The van der Waals surface area contributed by atoms with Crippen LogP contribution in [0.4, 0.5) is 4.79 Å². The van der Waals surface area contributed by atoms with Crippen molar-refractivity contribution in [3.8, 4) is 11.5 Å². The lowest BCUT2D eigenvalue weighted by Gasteiger charge is -2.36. The van der Waals surface area contributed by atoms with Crippen molar-refractivity contribution < 1.29 is 34.1 Å². The maximum atomic E-state index is 11.8. The number of carboxylic acids is 2. The number of ether oxygens (including phenoxy) is 2. The van der Waals surface area contributed by atoms with Gasteiger partial charge in [-0.2, -0.15) is 0 Å². The molecule has 0 bridgehead atoms. The van der Waals surface area contributed by atoms with Gasteiger partial charge in [0.05, 0.1) is 0 Å². The monoisotopic (exact) mass is 447 g/mol. The number of carbonyl (C=O) groups excluding carboxylic acids is 1. The van der Waals surface area contributed by atoms with Gasteiger partial charge in [0.15, 0.2) is 11.5 Å². The molecule has 2 amide bonds. The van der Waals surface area contributed by atoms with Crippen molar-refractivity contribution in [3.63, 3.8) is 0 Å². The van der Waals surface area contributed by atoms with Crippen molar-refractivity contribution in [2.75, 3.05) is 39.3 Å². The molecule has 3 aliphatic rings. The highest BCUT2D eigenvalue weighted by atomic mass is 16.6. The molecule has 32 heavy (non-hydrogen) atoms. The second-order valence-electron chi connectivity index (χ2n) is 7.79. The van der Waals surface area contributed by atoms with Gasteiger partial charge in [-0.1, -0.05) is 12.1 Å². The molecule has 3 aliphatic heterocycles. The van der Waals surface area contributed by atoms with Crippen molar-refractivity contribution in [3.05, 3.63) is 36.4 Å². The van der Waals surface area contributed by atoms with Gasteiger partial charge in [-0.05, 0) is 25.0 Å². The summed E-state index contributed by atoms with van der Waals surface area (Å²) in [6.45, 7) is 5.41. The summed E-state index contributed by atoms with van der Waals surface area (Å²) in [5.41, 5.74) is 0. The predicted octanol–water partition coefficient (Wildman–Crippen LogP) is 1.42. The van der Waals surface area contributed by atoms with Gasteiger partial charge in [0.2, 0.25) is 0 Å². The zero-order valence-corrected chi connectivity index (χ0v) is 17.8. The Bertz CT molecular complexity index is 821. The van der Waals surface area contributed by atoms with E-state index in [1.54, 1.807) is 0 Å². The van der Waals surface area contributed by atoms with E-state index < -0.39 is 11.9 Å². The molecule has 0 unspecified atom stereocenters. The number of nitrogens with zero attached hydrogens (tertiary/aromatic N) is 2. The van der Waals surface area contributed by atoms with Crippen LogP contribution in [-0.2, 0) is 9.59 Å². The summed E-state index contributed by atoms with van der Waals surface area (Å²) in [5, 5.41) is 18.5. The van der Waals surface area contributed by atoms with Crippen LogP contribution in [-0.4, -0.2) is 89.5 Å². The van der Waals surface area contributed by atoms with Gasteiger partial charge in [0, 0.05) is 57.3 Å². The Balaban J connectivity index is 0.000000312.